The third-order valence-corrected chi connectivity index (χ3v) is 4.66. The van der Waals surface area contributed by atoms with Gasteiger partial charge in [-0.05, 0) is 36.4 Å². The second kappa shape index (κ2) is 6.96. The Morgan fingerprint density at radius 3 is 2.52 bits per heavy atom. The average Bonchev–Trinajstić information content (AvgIpc) is 3.25. The molecule has 3 heterocycles. The molecule has 0 aliphatic heterocycles. The molecule has 7 nitrogen and oxygen atoms in total. The first kappa shape index (κ1) is 17.3. The van der Waals surface area contributed by atoms with E-state index in [1.807, 2.05) is 6.07 Å². The highest BCUT2D eigenvalue weighted by Crippen LogP contribution is 2.26. The quantitative estimate of drug-likeness (QED) is 0.451. The standard InChI is InChI=1S/C21H12ClN5O2/c22-14-4-3-5-15(12-14)27-21(28)17-7-2-1-6-16(17)18(25-27)20-24-19(26-29-20)13-8-10-23-11-9-13/h1-12H. The highest BCUT2D eigenvalue weighted by molar-refractivity contribution is 6.30. The number of nitrogens with zero attached hydrogens (tertiary/aromatic N) is 5. The van der Waals surface area contributed by atoms with Crippen molar-refractivity contribution < 1.29 is 4.52 Å². The van der Waals surface area contributed by atoms with Gasteiger partial charge in [-0.2, -0.15) is 14.8 Å². The van der Waals surface area contributed by atoms with Gasteiger partial charge in [0.05, 0.1) is 11.1 Å². The van der Waals surface area contributed by atoms with Gasteiger partial charge in [-0.1, -0.05) is 41.0 Å². The summed E-state index contributed by atoms with van der Waals surface area (Å²) in [7, 11) is 0. The van der Waals surface area contributed by atoms with Gasteiger partial charge in [-0.15, -0.1) is 0 Å². The van der Waals surface area contributed by atoms with Crippen LogP contribution in [0.3, 0.4) is 0 Å². The Bertz CT molecular complexity index is 1400. The number of rotatable bonds is 3. The molecule has 0 saturated heterocycles. The summed E-state index contributed by atoms with van der Waals surface area (Å²) in [4.78, 5) is 21.5. The third-order valence-electron chi connectivity index (χ3n) is 4.42. The zero-order valence-corrected chi connectivity index (χ0v) is 15.6. The van der Waals surface area contributed by atoms with Gasteiger partial charge in [0, 0.05) is 28.4 Å². The number of hydrogen-bond donors (Lipinski definition) is 0. The fraction of sp³-hybridized carbons (Fsp3) is 0. The Labute approximate surface area is 169 Å². The molecule has 2 aromatic carbocycles. The summed E-state index contributed by atoms with van der Waals surface area (Å²) >= 11 is 6.10. The van der Waals surface area contributed by atoms with Crippen LogP contribution in [0.5, 0.6) is 0 Å². The Kier molecular flexibility index (Phi) is 4.14. The summed E-state index contributed by atoms with van der Waals surface area (Å²) < 4.78 is 6.77. The van der Waals surface area contributed by atoms with Crippen molar-refractivity contribution in [2.75, 3.05) is 0 Å². The molecule has 29 heavy (non-hydrogen) atoms. The van der Waals surface area contributed by atoms with Crippen LogP contribution in [-0.4, -0.2) is 24.9 Å². The number of fused-ring (bicyclic) bond motifs is 1. The van der Waals surface area contributed by atoms with E-state index in [1.165, 1.54) is 4.68 Å². The molecule has 0 fully saturated rings. The van der Waals surface area contributed by atoms with Crippen LogP contribution < -0.4 is 5.56 Å². The minimum Gasteiger partial charge on any atom is -0.332 e. The van der Waals surface area contributed by atoms with Crippen LogP contribution in [0.2, 0.25) is 5.02 Å². The van der Waals surface area contributed by atoms with E-state index in [4.69, 9.17) is 16.1 Å². The molecule has 0 N–H and O–H groups in total. The van der Waals surface area contributed by atoms with Crippen LogP contribution in [0.15, 0.2) is 82.4 Å². The van der Waals surface area contributed by atoms with Crippen molar-refractivity contribution in [1.82, 2.24) is 24.9 Å². The average molecular weight is 402 g/mol. The second-order valence-electron chi connectivity index (χ2n) is 6.25. The predicted octanol–water partition coefficient (Wildman–Crippen LogP) is 4.15. The van der Waals surface area contributed by atoms with Crippen molar-refractivity contribution in [2.24, 2.45) is 0 Å². The van der Waals surface area contributed by atoms with Crippen LogP contribution in [0.1, 0.15) is 0 Å². The number of pyridine rings is 1. The van der Waals surface area contributed by atoms with Crippen LogP contribution in [-0.2, 0) is 0 Å². The molecule has 140 valence electrons. The molecular formula is C21H12ClN5O2. The summed E-state index contributed by atoms with van der Waals surface area (Å²) in [6.07, 6.45) is 3.30. The fourth-order valence-corrected chi connectivity index (χ4v) is 3.25. The lowest BCUT2D eigenvalue weighted by molar-refractivity contribution is 0.430. The number of halogens is 1. The Morgan fingerprint density at radius 2 is 1.72 bits per heavy atom. The van der Waals surface area contributed by atoms with E-state index in [0.29, 0.717) is 33.0 Å². The van der Waals surface area contributed by atoms with Crippen molar-refractivity contribution in [3.8, 4) is 28.7 Å². The van der Waals surface area contributed by atoms with Crippen molar-refractivity contribution in [1.29, 1.82) is 0 Å². The van der Waals surface area contributed by atoms with Crippen molar-refractivity contribution in [3.05, 3.63) is 88.4 Å². The molecule has 8 heteroatoms. The smallest absolute Gasteiger partial charge is 0.279 e. The van der Waals surface area contributed by atoms with Gasteiger partial charge < -0.3 is 4.52 Å². The van der Waals surface area contributed by atoms with Gasteiger partial charge >= 0.3 is 0 Å². The Balaban J connectivity index is 1.75. The molecule has 0 amide bonds. The van der Waals surface area contributed by atoms with Gasteiger partial charge in [-0.25, -0.2) is 0 Å². The third kappa shape index (κ3) is 3.07. The highest BCUT2D eigenvalue weighted by atomic mass is 35.5. The molecule has 0 saturated carbocycles. The maximum atomic E-state index is 13.0. The van der Waals surface area contributed by atoms with E-state index in [1.54, 1.807) is 67.0 Å². The Morgan fingerprint density at radius 1 is 0.931 bits per heavy atom. The minimum atomic E-state index is -0.263. The molecule has 0 bridgehead atoms. The van der Waals surface area contributed by atoms with Crippen LogP contribution in [0.4, 0.5) is 0 Å². The lowest BCUT2D eigenvalue weighted by Crippen LogP contribution is -2.22. The topological polar surface area (TPSA) is 86.7 Å². The molecule has 0 aliphatic carbocycles. The lowest BCUT2D eigenvalue weighted by Gasteiger charge is -2.09. The maximum absolute atomic E-state index is 13.0. The van der Waals surface area contributed by atoms with Gasteiger partial charge in [0.1, 0.15) is 0 Å². The zero-order valence-electron chi connectivity index (χ0n) is 14.9. The number of hydrogen-bond acceptors (Lipinski definition) is 6. The van der Waals surface area contributed by atoms with E-state index in [-0.39, 0.29) is 11.4 Å². The molecule has 5 aromatic rings. The van der Waals surface area contributed by atoms with Crippen LogP contribution in [0.25, 0.3) is 39.4 Å². The van der Waals surface area contributed by atoms with Crippen LogP contribution >= 0.6 is 11.6 Å². The van der Waals surface area contributed by atoms with E-state index in [2.05, 4.69) is 20.2 Å². The summed E-state index contributed by atoms with van der Waals surface area (Å²) in [5.41, 5.74) is 1.46. The van der Waals surface area contributed by atoms with Crippen molar-refractivity contribution in [2.45, 2.75) is 0 Å². The lowest BCUT2D eigenvalue weighted by atomic mass is 10.1. The maximum Gasteiger partial charge on any atom is 0.279 e. The monoisotopic (exact) mass is 401 g/mol. The molecule has 0 radical (unpaired) electrons. The summed E-state index contributed by atoms with van der Waals surface area (Å²) in [5, 5.41) is 10.2. The number of aromatic nitrogens is 5. The molecule has 5 rings (SSSR count). The van der Waals surface area contributed by atoms with E-state index in [0.717, 1.165) is 5.56 Å². The number of benzene rings is 2. The summed E-state index contributed by atoms with van der Waals surface area (Å²) in [6, 6.07) is 17.7. The van der Waals surface area contributed by atoms with Gasteiger partial charge in [0.2, 0.25) is 5.82 Å². The first-order valence-corrected chi connectivity index (χ1v) is 9.11. The Hall–Kier alpha value is -3.84. The molecule has 0 unspecified atom stereocenters. The second-order valence-corrected chi connectivity index (χ2v) is 6.69. The molecule has 0 aliphatic rings. The molecule has 3 aromatic heterocycles. The van der Waals surface area contributed by atoms with Crippen LogP contribution in [0, 0.1) is 0 Å². The zero-order chi connectivity index (χ0) is 19.8. The van der Waals surface area contributed by atoms with E-state index >= 15 is 0 Å². The molecule has 0 spiro atoms. The first-order valence-electron chi connectivity index (χ1n) is 8.73. The summed E-state index contributed by atoms with van der Waals surface area (Å²) in [5.74, 6) is 0.623. The first-order chi connectivity index (χ1) is 14.2. The van der Waals surface area contributed by atoms with E-state index in [9.17, 15) is 4.79 Å². The van der Waals surface area contributed by atoms with Gasteiger partial charge in [0.15, 0.2) is 5.69 Å². The molecule has 0 atom stereocenters. The van der Waals surface area contributed by atoms with Gasteiger partial charge in [-0.3, -0.25) is 9.78 Å². The van der Waals surface area contributed by atoms with E-state index < -0.39 is 0 Å². The summed E-state index contributed by atoms with van der Waals surface area (Å²) in [6.45, 7) is 0. The molecular weight excluding hydrogens is 390 g/mol. The SMILES string of the molecule is O=c1c2ccccc2c(-c2nc(-c3ccncc3)no2)nn1-c1cccc(Cl)c1. The normalized spacial score (nSPS) is 11.1. The largest absolute Gasteiger partial charge is 0.332 e. The fourth-order valence-electron chi connectivity index (χ4n) is 3.07. The van der Waals surface area contributed by atoms with Crippen molar-refractivity contribution >= 4 is 22.4 Å². The minimum absolute atomic E-state index is 0.212. The van der Waals surface area contributed by atoms with Crippen molar-refractivity contribution in [3.63, 3.8) is 0 Å². The highest BCUT2D eigenvalue weighted by Gasteiger charge is 2.19. The predicted molar refractivity (Wildman–Crippen MR) is 109 cm³/mol. The van der Waals surface area contributed by atoms with Gasteiger partial charge in [0.25, 0.3) is 11.4 Å².